The molecule has 1 amide bonds. The second-order valence-corrected chi connectivity index (χ2v) is 9.16. The van der Waals surface area contributed by atoms with Gasteiger partial charge in [0.25, 0.3) is 5.91 Å². The highest BCUT2D eigenvalue weighted by molar-refractivity contribution is 5.97. The van der Waals surface area contributed by atoms with Crippen molar-refractivity contribution >= 4 is 5.91 Å². The molecule has 0 radical (unpaired) electrons. The molecule has 0 spiro atoms. The maximum atomic E-state index is 13.2. The lowest BCUT2D eigenvalue weighted by Crippen LogP contribution is -2.50. The number of carbonyl (C=O) groups is 1. The van der Waals surface area contributed by atoms with Gasteiger partial charge in [0.1, 0.15) is 11.6 Å². The normalized spacial score (nSPS) is 18.2. The molecule has 5 heteroatoms. The first kappa shape index (κ1) is 23.1. The van der Waals surface area contributed by atoms with E-state index in [2.05, 4.69) is 64.4 Å². The molecular weight excluding hydrogens is 408 g/mol. The van der Waals surface area contributed by atoms with E-state index in [1.54, 1.807) is 6.20 Å². The van der Waals surface area contributed by atoms with Crippen LogP contribution in [0.25, 0.3) is 0 Å². The Labute approximate surface area is 197 Å². The average molecular weight is 443 g/mol. The summed E-state index contributed by atoms with van der Waals surface area (Å²) in [5, 5.41) is 9.71. The fourth-order valence-electron chi connectivity index (χ4n) is 5.17. The predicted octanol–water partition coefficient (Wildman–Crippen LogP) is 4.59. The van der Waals surface area contributed by atoms with E-state index in [1.165, 1.54) is 30.4 Å². The largest absolute Gasteiger partial charge is 0.376 e. The Morgan fingerprint density at radius 2 is 1.48 bits per heavy atom. The zero-order valence-electron chi connectivity index (χ0n) is 19.6. The number of benzene rings is 2. The molecule has 2 aromatic rings. The number of carbonyl (C=O) groups excluding carboxylic acids is 1. The molecule has 1 saturated carbocycles. The first-order valence-electron chi connectivity index (χ1n) is 12.1. The Bertz CT molecular complexity index is 928. The molecule has 1 aliphatic carbocycles. The van der Waals surface area contributed by atoms with Crippen molar-refractivity contribution < 1.29 is 4.79 Å². The minimum Gasteiger partial charge on any atom is -0.376 e. The molecule has 0 bridgehead atoms. The molecule has 0 aromatic heterocycles. The molecule has 33 heavy (non-hydrogen) atoms. The van der Waals surface area contributed by atoms with Crippen LogP contribution in [0.4, 0.5) is 0 Å². The third-order valence-corrected chi connectivity index (χ3v) is 7.03. The Balaban J connectivity index is 1.44. The van der Waals surface area contributed by atoms with E-state index in [1.807, 2.05) is 24.1 Å². The summed E-state index contributed by atoms with van der Waals surface area (Å²) in [5.74, 6) is -0.143. The highest BCUT2D eigenvalue weighted by Gasteiger charge is 2.29. The third-order valence-electron chi connectivity index (χ3n) is 7.03. The van der Waals surface area contributed by atoms with E-state index in [4.69, 9.17) is 0 Å². The summed E-state index contributed by atoms with van der Waals surface area (Å²) in [6.07, 6.45) is 7.80. The lowest BCUT2D eigenvalue weighted by Gasteiger charge is -2.40. The second-order valence-electron chi connectivity index (χ2n) is 9.16. The quantitative estimate of drug-likeness (QED) is 0.485. The van der Waals surface area contributed by atoms with Gasteiger partial charge in [-0.05, 0) is 24.0 Å². The van der Waals surface area contributed by atoms with Crippen molar-refractivity contribution in [3.63, 3.8) is 0 Å². The van der Waals surface area contributed by atoms with Crippen LogP contribution in [0.1, 0.15) is 49.3 Å². The van der Waals surface area contributed by atoms with Crippen LogP contribution in [0.5, 0.6) is 0 Å². The summed E-state index contributed by atoms with van der Waals surface area (Å²) in [7, 11) is 2.00. The van der Waals surface area contributed by atoms with Crippen LogP contribution < -0.4 is 0 Å². The number of piperazine rings is 1. The van der Waals surface area contributed by atoms with Crippen LogP contribution in [-0.4, -0.2) is 59.9 Å². The highest BCUT2D eigenvalue weighted by Crippen LogP contribution is 2.29. The first-order chi connectivity index (χ1) is 16.2. The molecule has 0 unspecified atom stereocenters. The summed E-state index contributed by atoms with van der Waals surface area (Å²) >= 11 is 0. The van der Waals surface area contributed by atoms with Crippen LogP contribution in [0.2, 0.25) is 0 Å². The summed E-state index contributed by atoms with van der Waals surface area (Å²) in [4.78, 5) is 19.5. The standard InChI is InChI=1S/C28H34N4O/c1-30(26-15-9-4-10-16-26)22-25(21-29)28(33)32-19-17-31(18-20-32)27(23-11-5-2-6-12-23)24-13-7-3-8-14-24/h2-3,5-8,11-14,22,26-27H,4,9-10,15-20H2,1H3/b25-22-. The van der Waals surface area contributed by atoms with Gasteiger partial charge in [0.05, 0.1) is 6.04 Å². The van der Waals surface area contributed by atoms with Crippen LogP contribution in [0.15, 0.2) is 72.4 Å². The van der Waals surface area contributed by atoms with Gasteiger partial charge in [0.2, 0.25) is 0 Å². The van der Waals surface area contributed by atoms with E-state index in [9.17, 15) is 10.1 Å². The number of nitriles is 1. The van der Waals surface area contributed by atoms with Gasteiger partial charge in [0.15, 0.2) is 0 Å². The van der Waals surface area contributed by atoms with Gasteiger partial charge in [-0.3, -0.25) is 9.69 Å². The van der Waals surface area contributed by atoms with E-state index in [0.717, 1.165) is 25.9 Å². The summed E-state index contributed by atoms with van der Waals surface area (Å²) < 4.78 is 0. The van der Waals surface area contributed by atoms with Gasteiger partial charge >= 0.3 is 0 Å². The highest BCUT2D eigenvalue weighted by atomic mass is 16.2. The van der Waals surface area contributed by atoms with E-state index in [0.29, 0.717) is 19.1 Å². The van der Waals surface area contributed by atoms with Crippen molar-refractivity contribution in [3.8, 4) is 6.07 Å². The Hall–Kier alpha value is -3.10. The topological polar surface area (TPSA) is 50.6 Å². The van der Waals surface area contributed by atoms with Crippen molar-refractivity contribution in [2.24, 2.45) is 0 Å². The molecule has 0 atom stereocenters. The van der Waals surface area contributed by atoms with Crippen molar-refractivity contribution in [1.29, 1.82) is 5.26 Å². The molecular formula is C28H34N4O. The zero-order valence-corrected chi connectivity index (χ0v) is 19.6. The molecule has 2 aromatic carbocycles. The third kappa shape index (κ3) is 5.64. The van der Waals surface area contributed by atoms with Crippen LogP contribution >= 0.6 is 0 Å². The van der Waals surface area contributed by atoms with Crippen LogP contribution in [-0.2, 0) is 4.79 Å². The van der Waals surface area contributed by atoms with Crippen molar-refractivity contribution in [2.75, 3.05) is 33.2 Å². The predicted molar refractivity (Wildman–Crippen MR) is 131 cm³/mol. The Morgan fingerprint density at radius 1 is 0.939 bits per heavy atom. The van der Waals surface area contributed by atoms with E-state index < -0.39 is 0 Å². The van der Waals surface area contributed by atoms with Gasteiger partial charge in [-0.1, -0.05) is 79.9 Å². The number of amides is 1. The monoisotopic (exact) mass is 442 g/mol. The van der Waals surface area contributed by atoms with Gasteiger partial charge in [0, 0.05) is 45.5 Å². The van der Waals surface area contributed by atoms with Crippen molar-refractivity contribution in [1.82, 2.24) is 14.7 Å². The maximum Gasteiger partial charge on any atom is 0.266 e. The molecule has 172 valence electrons. The lowest BCUT2D eigenvalue weighted by molar-refractivity contribution is -0.128. The lowest BCUT2D eigenvalue weighted by atomic mass is 9.94. The Kier molecular flexibility index (Phi) is 7.80. The van der Waals surface area contributed by atoms with Crippen molar-refractivity contribution in [3.05, 3.63) is 83.6 Å². The Morgan fingerprint density at radius 3 is 2.00 bits per heavy atom. The van der Waals surface area contributed by atoms with E-state index in [-0.39, 0.29) is 17.5 Å². The van der Waals surface area contributed by atoms with E-state index >= 15 is 0 Å². The van der Waals surface area contributed by atoms with Gasteiger partial charge in [-0.15, -0.1) is 0 Å². The number of nitrogens with zero attached hydrogens (tertiary/aromatic N) is 4. The minimum atomic E-state index is -0.143. The summed E-state index contributed by atoms with van der Waals surface area (Å²) in [6.45, 7) is 2.80. The molecule has 4 rings (SSSR count). The molecule has 2 aliphatic rings. The van der Waals surface area contributed by atoms with Gasteiger partial charge in [-0.25, -0.2) is 0 Å². The molecule has 2 fully saturated rings. The minimum absolute atomic E-state index is 0.143. The van der Waals surface area contributed by atoms with Gasteiger partial charge < -0.3 is 9.80 Å². The van der Waals surface area contributed by atoms with Crippen LogP contribution in [0, 0.1) is 11.3 Å². The number of hydrogen-bond acceptors (Lipinski definition) is 4. The average Bonchev–Trinajstić information content (AvgIpc) is 2.89. The zero-order chi connectivity index (χ0) is 23.0. The maximum absolute atomic E-state index is 13.2. The second kappa shape index (κ2) is 11.2. The smallest absolute Gasteiger partial charge is 0.266 e. The van der Waals surface area contributed by atoms with Crippen molar-refractivity contribution in [2.45, 2.75) is 44.2 Å². The molecule has 1 aliphatic heterocycles. The van der Waals surface area contributed by atoms with Crippen LogP contribution in [0.3, 0.4) is 0 Å². The molecule has 0 N–H and O–H groups in total. The molecule has 5 nitrogen and oxygen atoms in total. The molecule has 1 saturated heterocycles. The summed E-state index contributed by atoms with van der Waals surface area (Å²) in [5.41, 5.74) is 2.77. The number of rotatable bonds is 6. The number of hydrogen-bond donors (Lipinski definition) is 0. The first-order valence-corrected chi connectivity index (χ1v) is 12.1. The van der Waals surface area contributed by atoms with Gasteiger partial charge in [-0.2, -0.15) is 5.26 Å². The fraction of sp³-hybridized carbons (Fsp3) is 0.429. The fourth-order valence-corrected chi connectivity index (χ4v) is 5.17. The summed E-state index contributed by atoms with van der Waals surface area (Å²) in [6, 6.07) is 23.9. The SMILES string of the molecule is CN(/C=C(/C#N)C(=O)N1CCN(C(c2ccccc2)c2ccccc2)CC1)C1CCCCC1. The molecule has 1 heterocycles.